The number of hydrogen-bond donors (Lipinski definition) is 1. The molecule has 1 saturated heterocycles. The minimum atomic E-state index is -0.299. The molecule has 150 valence electrons. The summed E-state index contributed by atoms with van der Waals surface area (Å²) in [6.07, 6.45) is 1.77. The predicted octanol–water partition coefficient (Wildman–Crippen LogP) is 1.96. The van der Waals surface area contributed by atoms with E-state index in [1.54, 1.807) is 10.6 Å². The standard InChI is InChI=1S/C22H25N5O2/c1-16-7-3-4-8-17(16)15-23-21(28)20-24-19(18-9-5-6-10-27(18)20)22(29)26-13-11-25(2)12-14-26/h3-10H,11-15H2,1-2H3,(H,23,28). The van der Waals surface area contributed by atoms with Crippen molar-refractivity contribution in [1.82, 2.24) is 24.5 Å². The Morgan fingerprint density at radius 2 is 1.76 bits per heavy atom. The molecule has 0 spiro atoms. The van der Waals surface area contributed by atoms with E-state index in [4.69, 9.17) is 0 Å². The first-order valence-electron chi connectivity index (χ1n) is 9.82. The Morgan fingerprint density at radius 3 is 2.52 bits per heavy atom. The maximum Gasteiger partial charge on any atom is 0.287 e. The van der Waals surface area contributed by atoms with Gasteiger partial charge in [-0.3, -0.25) is 14.0 Å². The average molecular weight is 391 g/mol. The molecule has 7 nitrogen and oxygen atoms in total. The van der Waals surface area contributed by atoms with Crippen LogP contribution >= 0.6 is 0 Å². The SMILES string of the molecule is Cc1ccccc1CNC(=O)c1nc(C(=O)N2CCN(C)CC2)c2ccccn12. The summed E-state index contributed by atoms with van der Waals surface area (Å²) in [6, 6.07) is 13.4. The molecule has 0 atom stereocenters. The number of amides is 2. The first-order chi connectivity index (χ1) is 14.0. The number of aryl methyl sites for hydroxylation is 1. The van der Waals surface area contributed by atoms with Gasteiger partial charge in [-0.2, -0.15) is 0 Å². The van der Waals surface area contributed by atoms with E-state index in [9.17, 15) is 9.59 Å². The molecule has 3 aromatic rings. The van der Waals surface area contributed by atoms with E-state index in [1.807, 2.05) is 61.3 Å². The Hall–Kier alpha value is -3.19. The Labute approximate surface area is 169 Å². The number of pyridine rings is 1. The Bertz CT molecular complexity index is 1050. The maximum absolute atomic E-state index is 13.1. The summed E-state index contributed by atoms with van der Waals surface area (Å²) < 4.78 is 1.69. The van der Waals surface area contributed by atoms with Crippen molar-refractivity contribution in [1.29, 1.82) is 0 Å². The van der Waals surface area contributed by atoms with Crippen molar-refractivity contribution in [3.05, 3.63) is 71.3 Å². The summed E-state index contributed by atoms with van der Waals surface area (Å²) in [6.45, 7) is 5.42. The third-order valence-corrected chi connectivity index (χ3v) is 5.45. The number of aromatic nitrogens is 2. The van der Waals surface area contributed by atoms with E-state index in [2.05, 4.69) is 15.2 Å². The fourth-order valence-corrected chi connectivity index (χ4v) is 3.58. The maximum atomic E-state index is 13.1. The summed E-state index contributed by atoms with van der Waals surface area (Å²) in [7, 11) is 2.05. The molecule has 1 aliphatic heterocycles. The van der Waals surface area contributed by atoms with Gasteiger partial charge in [-0.05, 0) is 37.2 Å². The molecule has 0 radical (unpaired) electrons. The Morgan fingerprint density at radius 1 is 1.03 bits per heavy atom. The quantitative estimate of drug-likeness (QED) is 0.738. The van der Waals surface area contributed by atoms with Crippen molar-refractivity contribution in [2.24, 2.45) is 0 Å². The van der Waals surface area contributed by atoms with Gasteiger partial charge in [0.2, 0.25) is 5.82 Å². The van der Waals surface area contributed by atoms with Crippen molar-refractivity contribution in [3.63, 3.8) is 0 Å². The molecular weight excluding hydrogens is 366 g/mol. The van der Waals surface area contributed by atoms with Crippen LogP contribution in [0, 0.1) is 6.92 Å². The van der Waals surface area contributed by atoms with Gasteiger partial charge in [0, 0.05) is 38.9 Å². The second-order valence-electron chi connectivity index (χ2n) is 7.44. The molecule has 7 heteroatoms. The lowest BCUT2D eigenvalue weighted by Gasteiger charge is -2.32. The van der Waals surface area contributed by atoms with Crippen LogP contribution in [0.2, 0.25) is 0 Å². The monoisotopic (exact) mass is 391 g/mol. The van der Waals surface area contributed by atoms with Gasteiger partial charge in [0.15, 0.2) is 5.69 Å². The highest BCUT2D eigenvalue weighted by Crippen LogP contribution is 2.17. The highest BCUT2D eigenvalue weighted by molar-refractivity contribution is 6.02. The smallest absolute Gasteiger partial charge is 0.287 e. The molecule has 3 heterocycles. The first-order valence-corrected chi connectivity index (χ1v) is 9.82. The highest BCUT2D eigenvalue weighted by atomic mass is 16.2. The molecule has 1 N–H and O–H groups in total. The molecule has 2 amide bonds. The summed E-state index contributed by atoms with van der Waals surface area (Å²) >= 11 is 0. The number of hydrogen-bond acceptors (Lipinski definition) is 4. The van der Waals surface area contributed by atoms with Crippen molar-refractivity contribution >= 4 is 17.3 Å². The normalized spacial score (nSPS) is 14.9. The van der Waals surface area contributed by atoms with Crippen molar-refractivity contribution in [2.75, 3.05) is 33.2 Å². The fourth-order valence-electron chi connectivity index (χ4n) is 3.58. The molecule has 0 unspecified atom stereocenters. The number of fused-ring (bicyclic) bond motifs is 1. The number of nitrogens with zero attached hydrogens (tertiary/aromatic N) is 4. The van der Waals surface area contributed by atoms with Crippen LogP contribution in [0.15, 0.2) is 48.7 Å². The van der Waals surface area contributed by atoms with E-state index >= 15 is 0 Å². The van der Waals surface area contributed by atoms with E-state index in [0.717, 1.165) is 24.2 Å². The molecule has 1 aromatic carbocycles. The highest BCUT2D eigenvalue weighted by Gasteiger charge is 2.26. The fraction of sp³-hybridized carbons (Fsp3) is 0.318. The third-order valence-electron chi connectivity index (χ3n) is 5.45. The zero-order chi connectivity index (χ0) is 20.4. The summed E-state index contributed by atoms with van der Waals surface area (Å²) in [5.41, 5.74) is 3.15. The third kappa shape index (κ3) is 3.86. The summed E-state index contributed by atoms with van der Waals surface area (Å²) in [4.78, 5) is 34.4. The van der Waals surface area contributed by atoms with Gasteiger partial charge in [-0.25, -0.2) is 4.98 Å². The predicted molar refractivity (Wildman–Crippen MR) is 111 cm³/mol. The van der Waals surface area contributed by atoms with Gasteiger partial charge >= 0.3 is 0 Å². The number of likely N-dealkylation sites (N-methyl/N-ethyl adjacent to an activating group) is 1. The number of piperazine rings is 1. The van der Waals surface area contributed by atoms with Crippen LogP contribution in [0.25, 0.3) is 5.52 Å². The average Bonchev–Trinajstić information content (AvgIpc) is 3.13. The molecule has 1 aliphatic rings. The lowest BCUT2D eigenvalue weighted by molar-refractivity contribution is 0.0661. The Kier molecular flexibility index (Phi) is 5.31. The summed E-state index contributed by atoms with van der Waals surface area (Å²) in [5, 5.41) is 2.93. The molecule has 1 fully saturated rings. The number of carbonyl (C=O) groups excluding carboxylic acids is 2. The number of carbonyl (C=O) groups is 2. The lowest BCUT2D eigenvalue weighted by atomic mass is 10.1. The second-order valence-corrected chi connectivity index (χ2v) is 7.44. The molecular formula is C22H25N5O2. The number of rotatable bonds is 4. The van der Waals surface area contributed by atoms with Gasteiger partial charge < -0.3 is 15.1 Å². The van der Waals surface area contributed by atoms with Crippen molar-refractivity contribution in [3.8, 4) is 0 Å². The van der Waals surface area contributed by atoms with Gasteiger partial charge in [0.05, 0.1) is 5.52 Å². The van der Waals surface area contributed by atoms with Crippen LogP contribution in [-0.4, -0.2) is 64.2 Å². The van der Waals surface area contributed by atoms with E-state index < -0.39 is 0 Å². The van der Waals surface area contributed by atoms with Gasteiger partial charge in [-0.15, -0.1) is 0 Å². The van der Waals surface area contributed by atoms with Crippen LogP contribution in [0.5, 0.6) is 0 Å². The molecule has 0 bridgehead atoms. The van der Waals surface area contributed by atoms with Crippen LogP contribution in [0.1, 0.15) is 32.2 Å². The van der Waals surface area contributed by atoms with Gasteiger partial charge in [0.1, 0.15) is 0 Å². The van der Waals surface area contributed by atoms with Crippen LogP contribution < -0.4 is 5.32 Å². The zero-order valence-electron chi connectivity index (χ0n) is 16.8. The van der Waals surface area contributed by atoms with E-state index in [1.165, 1.54) is 0 Å². The first kappa shape index (κ1) is 19.1. The largest absolute Gasteiger partial charge is 0.345 e. The van der Waals surface area contributed by atoms with E-state index in [-0.39, 0.29) is 17.6 Å². The van der Waals surface area contributed by atoms with E-state index in [0.29, 0.717) is 30.8 Å². The topological polar surface area (TPSA) is 70.0 Å². The van der Waals surface area contributed by atoms with Gasteiger partial charge in [-0.1, -0.05) is 30.3 Å². The van der Waals surface area contributed by atoms with Crippen LogP contribution in [-0.2, 0) is 6.54 Å². The minimum absolute atomic E-state index is 0.125. The zero-order valence-corrected chi connectivity index (χ0v) is 16.8. The summed E-state index contributed by atoms with van der Waals surface area (Å²) in [5.74, 6) is -0.196. The van der Waals surface area contributed by atoms with Gasteiger partial charge in [0.25, 0.3) is 11.8 Å². The van der Waals surface area contributed by atoms with Crippen LogP contribution in [0.4, 0.5) is 0 Å². The Balaban J connectivity index is 1.59. The molecule has 4 rings (SSSR count). The number of benzene rings is 1. The lowest BCUT2D eigenvalue weighted by Crippen LogP contribution is -2.47. The minimum Gasteiger partial charge on any atom is -0.345 e. The number of imidazole rings is 1. The molecule has 0 saturated carbocycles. The van der Waals surface area contributed by atoms with Crippen molar-refractivity contribution in [2.45, 2.75) is 13.5 Å². The molecule has 29 heavy (non-hydrogen) atoms. The van der Waals surface area contributed by atoms with Crippen LogP contribution in [0.3, 0.4) is 0 Å². The second kappa shape index (κ2) is 8.05. The number of nitrogens with one attached hydrogen (secondary N) is 1. The molecule has 2 aromatic heterocycles. The molecule has 0 aliphatic carbocycles. The van der Waals surface area contributed by atoms with Crippen molar-refractivity contribution < 1.29 is 9.59 Å².